The van der Waals surface area contributed by atoms with Crippen LogP contribution in [0.4, 0.5) is 15.9 Å². The van der Waals surface area contributed by atoms with Crippen molar-refractivity contribution in [2.45, 2.75) is 12.8 Å². The molecule has 4 rings (SSSR count). The molecule has 3 aromatic rings. The lowest BCUT2D eigenvalue weighted by Gasteiger charge is -2.17. The molecule has 1 aliphatic rings. The first-order valence-corrected chi connectivity index (χ1v) is 8.91. The molecule has 1 N–H and O–H groups in total. The van der Waals surface area contributed by atoms with Crippen LogP contribution in [0.2, 0.25) is 0 Å². The molecular weight excluding hydrogens is 343 g/mol. The molecule has 1 aliphatic heterocycles. The van der Waals surface area contributed by atoms with Crippen LogP contribution >= 0.6 is 0 Å². The van der Waals surface area contributed by atoms with E-state index in [0.29, 0.717) is 24.6 Å². The van der Waals surface area contributed by atoms with Gasteiger partial charge in [-0.25, -0.2) is 14.4 Å². The summed E-state index contributed by atoms with van der Waals surface area (Å²) in [4.78, 5) is 23.0. The Bertz CT molecular complexity index is 958. The number of para-hydroxylation sites is 1. The fraction of sp³-hybridized carbons (Fsp3) is 0.190. The van der Waals surface area contributed by atoms with Crippen LogP contribution in [0.3, 0.4) is 0 Å². The summed E-state index contributed by atoms with van der Waals surface area (Å²) in [5, 5.41) is 3.20. The minimum Gasteiger partial charge on any atom is -0.370 e. The highest BCUT2D eigenvalue weighted by atomic mass is 19.1. The SMILES string of the molecule is O=C(c1cc(NCCc2ccc(F)cc2)ncn1)N1CCc2ccccc21. The summed E-state index contributed by atoms with van der Waals surface area (Å²) < 4.78 is 12.9. The highest BCUT2D eigenvalue weighted by Gasteiger charge is 2.26. The molecule has 0 atom stereocenters. The Morgan fingerprint density at radius 2 is 1.93 bits per heavy atom. The fourth-order valence-electron chi connectivity index (χ4n) is 3.24. The maximum Gasteiger partial charge on any atom is 0.277 e. The van der Waals surface area contributed by atoms with Crippen LogP contribution in [0.15, 0.2) is 60.9 Å². The number of nitrogens with one attached hydrogen (secondary N) is 1. The first-order chi connectivity index (χ1) is 13.2. The summed E-state index contributed by atoms with van der Waals surface area (Å²) in [6.45, 7) is 1.29. The van der Waals surface area contributed by atoms with Crippen molar-refractivity contribution in [3.05, 3.63) is 83.6 Å². The van der Waals surface area contributed by atoms with Gasteiger partial charge in [0.05, 0.1) is 0 Å². The van der Waals surface area contributed by atoms with Crippen molar-refractivity contribution in [2.24, 2.45) is 0 Å². The molecular formula is C21H19FN4O. The summed E-state index contributed by atoms with van der Waals surface area (Å²) >= 11 is 0. The predicted molar refractivity (Wildman–Crippen MR) is 102 cm³/mol. The summed E-state index contributed by atoms with van der Waals surface area (Å²) in [5.41, 5.74) is 3.53. The Morgan fingerprint density at radius 3 is 2.78 bits per heavy atom. The third kappa shape index (κ3) is 3.79. The van der Waals surface area contributed by atoms with Crippen LogP contribution in [0.25, 0.3) is 0 Å². The zero-order valence-electron chi connectivity index (χ0n) is 14.7. The smallest absolute Gasteiger partial charge is 0.277 e. The summed E-state index contributed by atoms with van der Waals surface area (Å²) in [7, 11) is 0. The zero-order valence-corrected chi connectivity index (χ0v) is 14.7. The lowest BCUT2D eigenvalue weighted by atomic mass is 10.1. The first kappa shape index (κ1) is 17.1. The van der Waals surface area contributed by atoms with Gasteiger partial charge >= 0.3 is 0 Å². The Balaban J connectivity index is 1.42. The van der Waals surface area contributed by atoms with E-state index >= 15 is 0 Å². The van der Waals surface area contributed by atoms with Crippen LogP contribution in [0, 0.1) is 5.82 Å². The normalized spacial score (nSPS) is 12.7. The average Bonchev–Trinajstić information content (AvgIpc) is 3.13. The van der Waals surface area contributed by atoms with Crippen LogP contribution in [0.1, 0.15) is 21.6 Å². The number of benzene rings is 2. The van der Waals surface area contributed by atoms with Gasteiger partial charge in [-0.2, -0.15) is 0 Å². The number of carbonyl (C=O) groups is 1. The van der Waals surface area contributed by atoms with E-state index < -0.39 is 0 Å². The van der Waals surface area contributed by atoms with Gasteiger partial charge < -0.3 is 10.2 Å². The molecule has 0 spiro atoms. The summed E-state index contributed by atoms with van der Waals surface area (Å²) in [5.74, 6) is 0.237. The second-order valence-corrected chi connectivity index (χ2v) is 6.43. The maximum atomic E-state index is 12.9. The third-order valence-electron chi connectivity index (χ3n) is 4.65. The van der Waals surface area contributed by atoms with E-state index in [1.54, 1.807) is 23.1 Å². The molecule has 0 saturated carbocycles. The lowest BCUT2D eigenvalue weighted by Crippen LogP contribution is -2.29. The molecule has 0 fully saturated rings. The number of anilines is 2. The molecule has 1 amide bonds. The molecule has 2 heterocycles. The van der Waals surface area contributed by atoms with Gasteiger partial charge in [-0.05, 0) is 42.2 Å². The van der Waals surface area contributed by atoms with Crippen LogP contribution < -0.4 is 10.2 Å². The van der Waals surface area contributed by atoms with Crippen LogP contribution in [0.5, 0.6) is 0 Å². The Labute approximate surface area is 156 Å². The Hall–Kier alpha value is -3.28. The molecule has 0 radical (unpaired) electrons. The second kappa shape index (κ2) is 7.53. The highest BCUT2D eigenvalue weighted by molar-refractivity contribution is 6.06. The van der Waals surface area contributed by atoms with Gasteiger partial charge in [-0.3, -0.25) is 4.79 Å². The quantitative estimate of drug-likeness (QED) is 0.755. The van der Waals surface area contributed by atoms with Crippen molar-refractivity contribution in [2.75, 3.05) is 23.3 Å². The molecule has 0 bridgehead atoms. The largest absolute Gasteiger partial charge is 0.370 e. The van der Waals surface area contributed by atoms with Crippen molar-refractivity contribution in [3.63, 3.8) is 0 Å². The van der Waals surface area contributed by atoms with Gasteiger partial charge in [-0.1, -0.05) is 30.3 Å². The number of fused-ring (bicyclic) bond motifs is 1. The van der Waals surface area contributed by atoms with Gasteiger partial charge in [0.15, 0.2) is 0 Å². The molecule has 6 heteroatoms. The van der Waals surface area contributed by atoms with Gasteiger partial charge in [0.2, 0.25) is 0 Å². The van der Waals surface area contributed by atoms with Crippen molar-refractivity contribution < 1.29 is 9.18 Å². The number of halogens is 1. The monoisotopic (exact) mass is 362 g/mol. The molecule has 2 aromatic carbocycles. The van der Waals surface area contributed by atoms with E-state index in [1.807, 2.05) is 24.3 Å². The highest BCUT2D eigenvalue weighted by Crippen LogP contribution is 2.28. The number of amides is 1. The lowest BCUT2D eigenvalue weighted by molar-refractivity contribution is 0.0984. The van der Waals surface area contributed by atoms with Crippen molar-refractivity contribution in [1.29, 1.82) is 0 Å². The van der Waals surface area contributed by atoms with E-state index in [-0.39, 0.29) is 11.7 Å². The van der Waals surface area contributed by atoms with Crippen LogP contribution in [-0.4, -0.2) is 29.0 Å². The molecule has 5 nitrogen and oxygen atoms in total. The van der Waals surface area contributed by atoms with E-state index in [2.05, 4.69) is 15.3 Å². The topological polar surface area (TPSA) is 58.1 Å². The number of aromatic nitrogens is 2. The number of hydrogen-bond donors (Lipinski definition) is 1. The fourth-order valence-corrected chi connectivity index (χ4v) is 3.24. The number of carbonyl (C=O) groups excluding carboxylic acids is 1. The number of hydrogen-bond acceptors (Lipinski definition) is 4. The van der Waals surface area contributed by atoms with Crippen molar-refractivity contribution in [1.82, 2.24) is 9.97 Å². The molecule has 136 valence electrons. The molecule has 0 unspecified atom stereocenters. The molecule has 27 heavy (non-hydrogen) atoms. The predicted octanol–water partition coefficient (Wildman–Crippen LogP) is 3.47. The van der Waals surface area contributed by atoms with E-state index in [0.717, 1.165) is 24.1 Å². The van der Waals surface area contributed by atoms with Crippen molar-refractivity contribution in [3.8, 4) is 0 Å². The molecule has 0 aliphatic carbocycles. The summed E-state index contributed by atoms with van der Waals surface area (Å²) in [6.07, 6.45) is 2.98. The standard InChI is InChI=1S/C21H19FN4O/c22-17-7-5-15(6-8-17)9-11-23-20-13-18(24-14-25-20)21(27)26-12-10-16-3-1-2-4-19(16)26/h1-8,13-14H,9-12H2,(H,23,24,25). The zero-order chi connectivity index (χ0) is 18.6. The van der Waals surface area contributed by atoms with Crippen LogP contribution in [-0.2, 0) is 12.8 Å². The summed E-state index contributed by atoms with van der Waals surface area (Å²) in [6, 6.07) is 16.0. The maximum absolute atomic E-state index is 12.9. The minimum absolute atomic E-state index is 0.121. The van der Waals surface area contributed by atoms with Gasteiger partial charge in [0, 0.05) is 24.8 Å². The second-order valence-electron chi connectivity index (χ2n) is 6.43. The van der Waals surface area contributed by atoms with E-state index in [1.165, 1.54) is 24.0 Å². The number of rotatable bonds is 5. The Kier molecular flexibility index (Phi) is 4.78. The minimum atomic E-state index is -0.242. The van der Waals surface area contributed by atoms with Gasteiger partial charge in [-0.15, -0.1) is 0 Å². The van der Waals surface area contributed by atoms with Gasteiger partial charge in [0.1, 0.15) is 23.7 Å². The van der Waals surface area contributed by atoms with E-state index in [4.69, 9.17) is 0 Å². The number of nitrogens with zero attached hydrogens (tertiary/aromatic N) is 3. The van der Waals surface area contributed by atoms with Gasteiger partial charge in [0.25, 0.3) is 5.91 Å². The molecule has 0 saturated heterocycles. The first-order valence-electron chi connectivity index (χ1n) is 8.91. The van der Waals surface area contributed by atoms with E-state index in [9.17, 15) is 9.18 Å². The average molecular weight is 362 g/mol. The third-order valence-corrected chi connectivity index (χ3v) is 4.65. The Morgan fingerprint density at radius 1 is 1.11 bits per heavy atom. The van der Waals surface area contributed by atoms with Crippen molar-refractivity contribution >= 4 is 17.4 Å². The molecule has 1 aromatic heterocycles.